The van der Waals surface area contributed by atoms with Crippen molar-refractivity contribution in [1.82, 2.24) is 5.32 Å². The molecule has 4 saturated carbocycles. The van der Waals surface area contributed by atoms with E-state index in [-0.39, 0.29) is 0 Å². The molecule has 4 rings (SSSR count). The molecule has 0 heterocycles. The number of hydrogen-bond donors (Lipinski definition) is 1. The Morgan fingerprint density at radius 1 is 1.00 bits per heavy atom. The zero-order valence-corrected chi connectivity index (χ0v) is 12.7. The summed E-state index contributed by atoms with van der Waals surface area (Å²) < 4.78 is 0. The zero-order valence-electron chi connectivity index (χ0n) is 12.7. The third kappa shape index (κ3) is 2.37. The van der Waals surface area contributed by atoms with Gasteiger partial charge in [0, 0.05) is 6.54 Å². The fourth-order valence-corrected chi connectivity index (χ4v) is 6.10. The minimum absolute atomic E-state index is 0.720. The molecule has 108 valence electrons. The maximum absolute atomic E-state index is 3.78. The van der Waals surface area contributed by atoms with Gasteiger partial charge in [0.05, 0.1) is 0 Å². The summed E-state index contributed by atoms with van der Waals surface area (Å²) in [6, 6.07) is 0. The molecule has 0 amide bonds. The van der Waals surface area contributed by atoms with E-state index >= 15 is 0 Å². The van der Waals surface area contributed by atoms with Crippen molar-refractivity contribution < 1.29 is 0 Å². The van der Waals surface area contributed by atoms with E-state index in [0.717, 1.165) is 35.0 Å². The first-order valence-corrected chi connectivity index (χ1v) is 8.99. The molecule has 0 spiro atoms. The molecule has 4 aliphatic carbocycles. The Hall–Kier alpha value is -0.0400. The van der Waals surface area contributed by atoms with Gasteiger partial charge in [-0.25, -0.2) is 0 Å². The molecule has 1 heteroatoms. The van der Waals surface area contributed by atoms with Gasteiger partial charge in [-0.2, -0.15) is 0 Å². The molecule has 1 nitrogen and oxygen atoms in total. The summed E-state index contributed by atoms with van der Waals surface area (Å²) in [5.41, 5.74) is 0.720. The predicted octanol–water partition coefficient (Wildman–Crippen LogP) is 4.23. The van der Waals surface area contributed by atoms with E-state index in [2.05, 4.69) is 12.2 Å². The lowest BCUT2D eigenvalue weighted by atomic mass is 9.71. The van der Waals surface area contributed by atoms with Gasteiger partial charge in [-0.3, -0.25) is 0 Å². The van der Waals surface area contributed by atoms with Gasteiger partial charge in [-0.15, -0.1) is 0 Å². The van der Waals surface area contributed by atoms with Crippen LogP contribution in [0.25, 0.3) is 0 Å². The second-order valence-corrected chi connectivity index (χ2v) is 8.48. The third-order valence-electron chi connectivity index (χ3n) is 6.97. The highest BCUT2D eigenvalue weighted by Gasteiger charge is 2.55. The van der Waals surface area contributed by atoms with Gasteiger partial charge < -0.3 is 5.32 Å². The molecule has 0 aromatic heterocycles. The monoisotopic (exact) mass is 261 g/mol. The average molecular weight is 261 g/mol. The van der Waals surface area contributed by atoms with Gasteiger partial charge in [0.1, 0.15) is 0 Å². The summed E-state index contributed by atoms with van der Waals surface area (Å²) in [4.78, 5) is 0. The molecule has 5 atom stereocenters. The first-order chi connectivity index (χ1) is 9.28. The summed E-state index contributed by atoms with van der Waals surface area (Å²) in [6.45, 7) is 4.86. The fraction of sp³-hybridized carbons (Fsp3) is 1.00. The number of nitrogens with one attached hydrogen (secondary N) is 1. The molecule has 0 aromatic carbocycles. The minimum Gasteiger partial charge on any atom is -0.316 e. The van der Waals surface area contributed by atoms with Gasteiger partial charge in [0.2, 0.25) is 0 Å². The van der Waals surface area contributed by atoms with E-state index in [1.165, 1.54) is 19.5 Å². The van der Waals surface area contributed by atoms with E-state index in [1.807, 2.05) is 0 Å². The van der Waals surface area contributed by atoms with Crippen LogP contribution in [0, 0.1) is 35.0 Å². The standard InChI is InChI=1S/C18H31N/c1-2-5-19-12-18(10-16-8-17(16)11-18)9-15-7-13-3-4-14(15)6-13/h13-17,19H,2-12H2,1H3. The molecule has 19 heavy (non-hydrogen) atoms. The lowest BCUT2D eigenvalue weighted by molar-refractivity contribution is 0.156. The lowest BCUT2D eigenvalue weighted by Gasteiger charge is -2.36. The van der Waals surface area contributed by atoms with Crippen molar-refractivity contribution in [2.24, 2.45) is 35.0 Å². The van der Waals surface area contributed by atoms with Crippen LogP contribution < -0.4 is 5.32 Å². The van der Waals surface area contributed by atoms with Crippen molar-refractivity contribution in [2.45, 2.75) is 64.7 Å². The molecular weight excluding hydrogens is 230 g/mol. The topological polar surface area (TPSA) is 12.0 Å². The van der Waals surface area contributed by atoms with Gasteiger partial charge >= 0.3 is 0 Å². The van der Waals surface area contributed by atoms with Gasteiger partial charge in [0.25, 0.3) is 0 Å². The highest BCUT2D eigenvalue weighted by atomic mass is 14.9. The van der Waals surface area contributed by atoms with Crippen molar-refractivity contribution in [3.8, 4) is 0 Å². The molecule has 0 aromatic rings. The quantitative estimate of drug-likeness (QED) is 0.706. The minimum atomic E-state index is 0.720. The van der Waals surface area contributed by atoms with E-state index in [4.69, 9.17) is 0 Å². The summed E-state index contributed by atoms with van der Waals surface area (Å²) in [7, 11) is 0. The second-order valence-electron chi connectivity index (χ2n) is 8.48. The molecule has 4 aliphatic rings. The Kier molecular flexibility index (Phi) is 3.17. The number of hydrogen-bond acceptors (Lipinski definition) is 1. The van der Waals surface area contributed by atoms with Crippen molar-refractivity contribution in [3.63, 3.8) is 0 Å². The highest BCUT2D eigenvalue weighted by Crippen LogP contribution is 2.63. The van der Waals surface area contributed by atoms with Crippen molar-refractivity contribution in [3.05, 3.63) is 0 Å². The number of fused-ring (bicyclic) bond motifs is 3. The van der Waals surface area contributed by atoms with Gasteiger partial charge in [0.15, 0.2) is 0 Å². The molecule has 4 fully saturated rings. The van der Waals surface area contributed by atoms with Crippen LogP contribution in [-0.2, 0) is 0 Å². The molecule has 5 unspecified atom stereocenters. The largest absolute Gasteiger partial charge is 0.316 e. The van der Waals surface area contributed by atoms with Crippen molar-refractivity contribution in [2.75, 3.05) is 13.1 Å². The SMILES string of the molecule is CCCNCC1(CC2CC3CCC2C3)CC2CC2C1. The second kappa shape index (κ2) is 4.76. The fourth-order valence-electron chi connectivity index (χ4n) is 6.10. The Morgan fingerprint density at radius 2 is 1.84 bits per heavy atom. The van der Waals surface area contributed by atoms with E-state index < -0.39 is 0 Å². The smallest absolute Gasteiger partial charge is 0.000812 e. The Bertz CT molecular complexity index is 327. The van der Waals surface area contributed by atoms with Crippen LogP contribution >= 0.6 is 0 Å². The highest BCUT2D eigenvalue weighted by molar-refractivity contribution is 5.06. The lowest BCUT2D eigenvalue weighted by Crippen LogP contribution is -2.36. The van der Waals surface area contributed by atoms with Crippen LogP contribution in [0.15, 0.2) is 0 Å². The molecule has 0 aliphatic heterocycles. The molecule has 0 saturated heterocycles. The van der Waals surface area contributed by atoms with Crippen molar-refractivity contribution in [1.29, 1.82) is 0 Å². The van der Waals surface area contributed by atoms with Crippen LogP contribution in [-0.4, -0.2) is 13.1 Å². The Balaban J connectivity index is 1.39. The molecule has 1 N–H and O–H groups in total. The van der Waals surface area contributed by atoms with E-state index in [1.54, 1.807) is 51.4 Å². The van der Waals surface area contributed by atoms with Crippen molar-refractivity contribution >= 4 is 0 Å². The zero-order chi connectivity index (χ0) is 12.9. The number of rotatable bonds is 6. The summed E-state index contributed by atoms with van der Waals surface area (Å²) in [5, 5.41) is 3.78. The summed E-state index contributed by atoms with van der Waals surface area (Å²) in [5.74, 6) is 5.65. The maximum atomic E-state index is 3.78. The molecular formula is C18H31N. The molecule has 0 radical (unpaired) electrons. The van der Waals surface area contributed by atoms with Crippen LogP contribution in [0.1, 0.15) is 64.7 Å². The van der Waals surface area contributed by atoms with Crippen LogP contribution in [0.4, 0.5) is 0 Å². The van der Waals surface area contributed by atoms with Crippen LogP contribution in [0.2, 0.25) is 0 Å². The van der Waals surface area contributed by atoms with Gasteiger partial charge in [-0.05, 0) is 92.9 Å². The van der Waals surface area contributed by atoms with E-state index in [0.29, 0.717) is 0 Å². The van der Waals surface area contributed by atoms with Crippen LogP contribution in [0.5, 0.6) is 0 Å². The summed E-state index contributed by atoms with van der Waals surface area (Å²) >= 11 is 0. The third-order valence-corrected chi connectivity index (χ3v) is 6.97. The first kappa shape index (κ1) is 12.7. The molecule has 2 bridgehead atoms. The first-order valence-electron chi connectivity index (χ1n) is 8.99. The summed E-state index contributed by atoms with van der Waals surface area (Å²) in [6.07, 6.45) is 13.9. The Morgan fingerprint density at radius 3 is 2.47 bits per heavy atom. The maximum Gasteiger partial charge on any atom is 0.000812 e. The van der Waals surface area contributed by atoms with Crippen LogP contribution in [0.3, 0.4) is 0 Å². The van der Waals surface area contributed by atoms with E-state index in [9.17, 15) is 0 Å². The average Bonchev–Trinajstić information content (AvgIpc) is 2.82. The predicted molar refractivity (Wildman–Crippen MR) is 80.0 cm³/mol. The normalized spacial score (nSPS) is 50.7. The van der Waals surface area contributed by atoms with Gasteiger partial charge in [-0.1, -0.05) is 13.3 Å². The Labute approximate surface area is 118 Å².